The van der Waals surface area contributed by atoms with Gasteiger partial charge < -0.3 is 14.8 Å². The number of carbonyl (C=O) groups is 1. The molecule has 0 spiro atoms. The largest absolute Gasteiger partial charge is 0.448 e. The van der Waals surface area contributed by atoms with Crippen molar-refractivity contribution in [3.05, 3.63) is 0 Å². The Morgan fingerprint density at radius 1 is 0.875 bits per heavy atom. The summed E-state index contributed by atoms with van der Waals surface area (Å²) >= 11 is 0. The molecule has 0 aromatic carbocycles. The minimum atomic E-state index is -0.285. The van der Waals surface area contributed by atoms with Crippen LogP contribution in [0.4, 0.5) is 4.79 Å². The fourth-order valence-corrected chi connectivity index (χ4v) is 4.55. The second kappa shape index (κ2) is 20.8. The highest BCUT2D eigenvalue weighted by Crippen LogP contribution is 2.17. The lowest BCUT2D eigenvalue weighted by Gasteiger charge is -2.25. The number of rotatable bonds is 21. The summed E-state index contributed by atoms with van der Waals surface area (Å²) in [5.74, 6) is 0.459. The number of carbonyl (C=O) groups excluding carboxylic acids is 1. The molecule has 190 valence electrons. The third-order valence-corrected chi connectivity index (χ3v) is 6.51. The van der Waals surface area contributed by atoms with Gasteiger partial charge in [0, 0.05) is 19.6 Å². The number of nitrogens with one attached hydrogen (secondary N) is 1. The molecule has 1 aliphatic rings. The van der Waals surface area contributed by atoms with Gasteiger partial charge in [-0.2, -0.15) is 0 Å². The number of unbranched alkanes of at least 4 members (excludes halogenated alkanes) is 15. The molecule has 1 N–H and O–H groups in total. The maximum Gasteiger partial charge on any atom is 0.407 e. The van der Waals surface area contributed by atoms with Gasteiger partial charge in [0.05, 0.1) is 6.61 Å². The van der Waals surface area contributed by atoms with E-state index in [0.717, 1.165) is 32.7 Å². The molecular formula is C27H54N2O3. The van der Waals surface area contributed by atoms with Crippen LogP contribution in [0.5, 0.6) is 0 Å². The van der Waals surface area contributed by atoms with Crippen LogP contribution in [-0.2, 0) is 9.47 Å². The molecule has 1 fully saturated rings. The van der Waals surface area contributed by atoms with Gasteiger partial charge in [-0.25, -0.2) is 4.79 Å². The Morgan fingerprint density at radius 2 is 1.38 bits per heavy atom. The SMILES string of the molecule is CCCCCCCCCCCCCCCCCCNC(=O)OCCN1CCOC1C(C)C. The maximum atomic E-state index is 11.8. The number of alkyl carbamates (subject to hydrolysis) is 1. The van der Waals surface area contributed by atoms with Crippen molar-refractivity contribution < 1.29 is 14.3 Å². The average molecular weight is 455 g/mol. The summed E-state index contributed by atoms with van der Waals surface area (Å²) in [7, 11) is 0. The zero-order valence-corrected chi connectivity index (χ0v) is 21.7. The lowest BCUT2D eigenvalue weighted by Crippen LogP contribution is -2.37. The molecular weight excluding hydrogens is 400 g/mol. The zero-order valence-electron chi connectivity index (χ0n) is 21.7. The molecule has 1 atom stereocenters. The van der Waals surface area contributed by atoms with Crippen LogP contribution in [0, 0.1) is 5.92 Å². The molecule has 1 aliphatic heterocycles. The van der Waals surface area contributed by atoms with Crippen LogP contribution in [0.1, 0.15) is 124 Å². The van der Waals surface area contributed by atoms with Crippen molar-refractivity contribution >= 4 is 6.09 Å². The van der Waals surface area contributed by atoms with Gasteiger partial charge in [0.25, 0.3) is 0 Å². The van der Waals surface area contributed by atoms with E-state index in [0.29, 0.717) is 12.5 Å². The predicted molar refractivity (Wildman–Crippen MR) is 135 cm³/mol. The Balaban J connectivity index is 1.77. The molecule has 1 amide bonds. The number of ether oxygens (including phenoxy) is 2. The molecule has 32 heavy (non-hydrogen) atoms. The first-order valence-electron chi connectivity index (χ1n) is 13.9. The second-order valence-electron chi connectivity index (χ2n) is 9.91. The fourth-order valence-electron chi connectivity index (χ4n) is 4.55. The molecule has 0 aliphatic carbocycles. The van der Waals surface area contributed by atoms with E-state index in [4.69, 9.17) is 9.47 Å². The van der Waals surface area contributed by atoms with Crippen LogP contribution < -0.4 is 5.32 Å². The topological polar surface area (TPSA) is 50.8 Å². The van der Waals surface area contributed by atoms with Crippen molar-refractivity contribution in [3.8, 4) is 0 Å². The quantitative estimate of drug-likeness (QED) is 0.185. The van der Waals surface area contributed by atoms with Crippen molar-refractivity contribution in [2.75, 3.05) is 32.8 Å². The van der Waals surface area contributed by atoms with E-state index in [9.17, 15) is 4.79 Å². The highest BCUT2D eigenvalue weighted by atomic mass is 16.6. The predicted octanol–water partition coefficient (Wildman–Crippen LogP) is 7.29. The first-order chi connectivity index (χ1) is 15.6. The lowest BCUT2D eigenvalue weighted by atomic mass is 10.0. The van der Waals surface area contributed by atoms with Gasteiger partial charge in [-0.3, -0.25) is 4.90 Å². The maximum absolute atomic E-state index is 11.8. The third kappa shape index (κ3) is 15.9. The summed E-state index contributed by atoms with van der Waals surface area (Å²) in [6.07, 6.45) is 21.7. The summed E-state index contributed by atoms with van der Waals surface area (Å²) in [4.78, 5) is 14.1. The molecule has 1 heterocycles. The van der Waals surface area contributed by atoms with Crippen LogP contribution in [0.15, 0.2) is 0 Å². The minimum Gasteiger partial charge on any atom is -0.448 e. The van der Waals surface area contributed by atoms with Crippen LogP contribution >= 0.6 is 0 Å². The fraction of sp³-hybridized carbons (Fsp3) is 0.963. The normalized spacial score (nSPS) is 16.7. The Morgan fingerprint density at radius 3 is 1.88 bits per heavy atom. The lowest BCUT2D eigenvalue weighted by molar-refractivity contribution is -0.00850. The molecule has 1 unspecified atom stereocenters. The van der Waals surface area contributed by atoms with Crippen molar-refractivity contribution in [3.63, 3.8) is 0 Å². The number of nitrogens with zero attached hydrogens (tertiary/aromatic N) is 1. The van der Waals surface area contributed by atoms with E-state index in [2.05, 4.69) is 31.0 Å². The zero-order chi connectivity index (χ0) is 23.3. The Bertz CT molecular complexity index is 431. The van der Waals surface area contributed by atoms with Crippen molar-refractivity contribution in [2.24, 2.45) is 5.92 Å². The van der Waals surface area contributed by atoms with E-state index < -0.39 is 0 Å². The van der Waals surface area contributed by atoms with Gasteiger partial charge in [-0.1, -0.05) is 117 Å². The molecule has 5 nitrogen and oxygen atoms in total. The van der Waals surface area contributed by atoms with Gasteiger partial charge in [0.2, 0.25) is 0 Å². The smallest absolute Gasteiger partial charge is 0.407 e. The highest BCUT2D eigenvalue weighted by molar-refractivity contribution is 5.66. The number of amides is 1. The van der Waals surface area contributed by atoms with Gasteiger partial charge in [0.15, 0.2) is 0 Å². The molecule has 5 heteroatoms. The van der Waals surface area contributed by atoms with E-state index in [1.54, 1.807) is 0 Å². The highest BCUT2D eigenvalue weighted by Gasteiger charge is 2.27. The standard InChI is InChI=1S/C27H54N2O3/c1-4-5-6-7-8-9-10-11-12-13-14-15-16-17-18-19-20-28-27(30)32-24-22-29-21-23-31-26(29)25(2)3/h25-26H,4-24H2,1-3H3,(H,28,30). The molecule has 0 saturated carbocycles. The Labute approximate surface area is 199 Å². The summed E-state index contributed by atoms with van der Waals surface area (Å²) in [6, 6.07) is 0. The minimum absolute atomic E-state index is 0.159. The van der Waals surface area contributed by atoms with Crippen LogP contribution in [0.25, 0.3) is 0 Å². The molecule has 0 aromatic heterocycles. The van der Waals surface area contributed by atoms with Crippen molar-refractivity contribution in [1.82, 2.24) is 10.2 Å². The van der Waals surface area contributed by atoms with Crippen molar-refractivity contribution in [1.29, 1.82) is 0 Å². The Kier molecular flexibility index (Phi) is 19.0. The molecule has 1 rings (SSSR count). The first kappa shape index (κ1) is 29.2. The van der Waals surface area contributed by atoms with E-state index in [-0.39, 0.29) is 12.3 Å². The van der Waals surface area contributed by atoms with Crippen LogP contribution in [0.2, 0.25) is 0 Å². The summed E-state index contributed by atoms with van der Waals surface area (Å²) in [5.41, 5.74) is 0. The third-order valence-electron chi connectivity index (χ3n) is 6.51. The number of hydrogen-bond donors (Lipinski definition) is 1. The van der Waals surface area contributed by atoms with Gasteiger partial charge in [0.1, 0.15) is 12.8 Å². The van der Waals surface area contributed by atoms with Crippen molar-refractivity contribution in [2.45, 2.75) is 130 Å². The first-order valence-corrected chi connectivity index (χ1v) is 13.9. The average Bonchev–Trinajstić information content (AvgIpc) is 3.25. The molecule has 1 saturated heterocycles. The van der Waals surface area contributed by atoms with E-state index >= 15 is 0 Å². The molecule has 0 aromatic rings. The van der Waals surface area contributed by atoms with Crippen LogP contribution in [-0.4, -0.2) is 50.1 Å². The summed E-state index contributed by atoms with van der Waals surface area (Å²) in [5, 5.41) is 2.88. The number of hydrogen-bond acceptors (Lipinski definition) is 4. The second-order valence-corrected chi connectivity index (χ2v) is 9.91. The van der Waals surface area contributed by atoms with Gasteiger partial charge in [-0.15, -0.1) is 0 Å². The monoisotopic (exact) mass is 454 g/mol. The molecule has 0 bridgehead atoms. The van der Waals surface area contributed by atoms with E-state index in [1.165, 1.54) is 96.3 Å². The summed E-state index contributed by atoms with van der Waals surface area (Å²) in [6.45, 7) is 10.2. The van der Waals surface area contributed by atoms with Gasteiger partial charge in [-0.05, 0) is 12.3 Å². The molecule has 0 radical (unpaired) electrons. The summed E-state index contributed by atoms with van der Waals surface area (Å²) < 4.78 is 11.0. The van der Waals surface area contributed by atoms with Crippen LogP contribution in [0.3, 0.4) is 0 Å². The van der Waals surface area contributed by atoms with Gasteiger partial charge >= 0.3 is 6.09 Å². The Hall–Kier alpha value is -0.810. The van der Waals surface area contributed by atoms with E-state index in [1.807, 2.05) is 0 Å².